The Bertz CT molecular complexity index is 1130. The maximum atomic E-state index is 5.83. The van der Waals surface area contributed by atoms with Crippen LogP contribution in [0.1, 0.15) is 52.3 Å². The second kappa shape index (κ2) is 18.5. The van der Waals surface area contributed by atoms with Crippen molar-refractivity contribution >= 4 is 81.3 Å². The molecule has 0 saturated carbocycles. The second-order valence-electron chi connectivity index (χ2n) is 9.24. The lowest BCUT2D eigenvalue weighted by atomic mass is 9.99. The fraction of sp³-hybridized carbons (Fsp3) is 0.536. The summed E-state index contributed by atoms with van der Waals surface area (Å²) in [7, 11) is 0. The van der Waals surface area contributed by atoms with Crippen LogP contribution in [0.2, 0.25) is 0 Å². The van der Waals surface area contributed by atoms with E-state index in [1.165, 1.54) is 11.3 Å². The lowest BCUT2D eigenvalue weighted by Crippen LogP contribution is -2.22. The van der Waals surface area contributed by atoms with Crippen molar-refractivity contribution in [2.24, 2.45) is 0 Å². The molecule has 11 heteroatoms. The fourth-order valence-electron chi connectivity index (χ4n) is 4.45. The van der Waals surface area contributed by atoms with Crippen LogP contribution in [0.3, 0.4) is 0 Å². The Balaban J connectivity index is 0.000000397. The van der Waals surface area contributed by atoms with E-state index < -0.39 is 0 Å². The molecule has 2 aromatic carbocycles. The van der Waals surface area contributed by atoms with Crippen LogP contribution >= 0.6 is 58.9 Å². The molecule has 0 bridgehead atoms. The van der Waals surface area contributed by atoms with Crippen LogP contribution in [0.4, 0.5) is 11.4 Å². The average Bonchev–Trinajstić information content (AvgIpc) is 3.23. The lowest BCUT2D eigenvalue weighted by Gasteiger charge is -2.24. The number of hydrogen-bond donors (Lipinski definition) is 2. The van der Waals surface area contributed by atoms with E-state index in [-0.39, 0.29) is 39.2 Å². The smallest absolute Gasteiger partial charge is 0.113 e. The predicted octanol–water partition coefficient (Wildman–Crippen LogP) is 7.21. The lowest BCUT2D eigenvalue weighted by molar-refractivity contribution is 0.0613. The van der Waals surface area contributed by atoms with Crippen LogP contribution in [0.15, 0.2) is 45.3 Å². The summed E-state index contributed by atoms with van der Waals surface area (Å²) in [6, 6.07) is 12.1. The van der Waals surface area contributed by atoms with Gasteiger partial charge in [0.25, 0.3) is 0 Å². The van der Waals surface area contributed by atoms with Gasteiger partial charge in [0.1, 0.15) is 5.82 Å². The Labute approximate surface area is 264 Å². The zero-order chi connectivity index (χ0) is 26.8. The van der Waals surface area contributed by atoms with Gasteiger partial charge < -0.3 is 29.8 Å². The van der Waals surface area contributed by atoms with Gasteiger partial charge in [0, 0.05) is 47.8 Å². The summed E-state index contributed by atoms with van der Waals surface area (Å²) in [4.78, 5) is 4.92. The van der Waals surface area contributed by atoms with Crippen molar-refractivity contribution in [2.45, 2.75) is 65.2 Å². The first-order valence-electron chi connectivity index (χ1n) is 13.1. The third-order valence-electron chi connectivity index (χ3n) is 6.26. The minimum absolute atomic E-state index is 0. The standard InChI is InChI=1S/C17H23BrN2O2.C11H17BrN2O.2H2S/c1-3-22-12(2)11-20-16-10-14(18)4-5-15(16)19-17(20)13-6-8-21-9-7-13;1-3-15-8(2)7-14-11-6-9(12)4-5-10(11)13;;/h4-5,10,12-13H,3,6-9,11H2,1-2H3;4-6,8,14H,3,7,13H2,1-2H3;2*1H2/t12-;8-;;/m00../s1. The molecule has 1 saturated heterocycles. The van der Waals surface area contributed by atoms with Crippen molar-refractivity contribution in [3.05, 3.63) is 51.2 Å². The number of nitrogen functional groups attached to an aromatic ring is 1. The van der Waals surface area contributed by atoms with Crippen molar-refractivity contribution in [1.82, 2.24) is 9.55 Å². The number of aromatic nitrogens is 2. The molecule has 1 aliphatic heterocycles. The largest absolute Gasteiger partial charge is 0.397 e. The zero-order valence-corrected chi connectivity index (χ0v) is 28.5. The number of rotatable bonds is 10. The van der Waals surface area contributed by atoms with Crippen LogP contribution in [0.25, 0.3) is 11.0 Å². The SMILES string of the molecule is CCO[C@@H](C)CNc1cc(Br)ccc1N.CCO[C@@H](C)Cn1c(C2CCOCC2)nc2ccc(Br)cc21.S.S. The number of anilines is 2. The molecule has 0 spiro atoms. The third-order valence-corrected chi connectivity index (χ3v) is 7.25. The van der Waals surface area contributed by atoms with Gasteiger partial charge in [-0.25, -0.2) is 4.98 Å². The highest BCUT2D eigenvalue weighted by atomic mass is 79.9. The molecule has 1 aromatic heterocycles. The molecule has 220 valence electrons. The molecular weight excluding hydrogens is 664 g/mol. The Hall–Kier alpha value is -0.950. The molecule has 39 heavy (non-hydrogen) atoms. The van der Waals surface area contributed by atoms with Crippen molar-refractivity contribution in [2.75, 3.05) is 44.0 Å². The highest BCUT2D eigenvalue weighted by molar-refractivity contribution is 9.10. The first kappa shape index (κ1) is 36.1. The molecule has 2 heterocycles. The van der Waals surface area contributed by atoms with E-state index >= 15 is 0 Å². The van der Waals surface area contributed by atoms with E-state index in [0.29, 0.717) is 5.92 Å². The first-order chi connectivity index (χ1) is 17.8. The molecule has 3 aromatic rings. The number of hydrogen-bond acceptors (Lipinski definition) is 6. The van der Waals surface area contributed by atoms with Gasteiger partial charge in [-0.05, 0) is 76.9 Å². The highest BCUT2D eigenvalue weighted by Gasteiger charge is 2.23. The minimum atomic E-state index is 0. The highest BCUT2D eigenvalue weighted by Crippen LogP contribution is 2.31. The van der Waals surface area contributed by atoms with E-state index in [1.54, 1.807) is 0 Å². The molecule has 1 aliphatic rings. The number of imidazole rings is 1. The number of ether oxygens (including phenoxy) is 3. The average molecular weight is 709 g/mol. The monoisotopic (exact) mass is 706 g/mol. The Morgan fingerprint density at radius 3 is 2.28 bits per heavy atom. The van der Waals surface area contributed by atoms with Gasteiger partial charge in [0.2, 0.25) is 0 Å². The zero-order valence-electron chi connectivity index (χ0n) is 23.3. The Kier molecular flexibility index (Phi) is 17.1. The number of fused-ring (bicyclic) bond motifs is 1. The number of nitrogens with zero attached hydrogens (tertiary/aromatic N) is 2. The molecule has 0 radical (unpaired) electrons. The maximum Gasteiger partial charge on any atom is 0.113 e. The summed E-state index contributed by atoms with van der Waals surface area (Å²) in [6.07, 6.45) is 2.47. The maximum absolute atomic E-state index is 5.83. The van der Waals surface area contributed by atoms with Gasteiger partial charge in [-0.3, -0.25) is 0 Å². The van der Waals surface area contributed by atoms with Crippen LogP contribution in [0, 0.1) is 0 Å². The molecule has 4 rings (SSSR count). The van der Waals surface area contributed by atoms with E-state index in [2.05, 4.69) is 66.9 Å². The van der Waals surface area contributed by atoms with Crippen LogP contribution < -0.4 is 11.1 Å². The van der Waals surface area contributed by atoms with Crippen LogP contribution in [-0.2, 0) is 20.8 Å². The van der Waals surface area contributed by atoms with Gasteiger partial charge in [-0.15, -0.1) is 0 Å². The van der Waals surface area contributed by atoms with E-state index in [4.69, 9.17) is 24.9 Å². The molecule has 7 nitrogen and oxygen atoms in total. The van der Waals surface area contributed by atoms with E-state index in [1.807, 2.05) is 39.0 Å². The van der Waals surface area contributed by atoms with Crippen LogP contribution in [-0.4, -0.2) is 54.7 Å². The molecule has 2 atom stereocenters. The summed E-state index contributed by atoms with van der Waals surface area (Å²) in [5, 5.41) is 3.26. The van der Waals surface area contributed by atoms with Gasteiger partial charge >= 0.3 is 0 Å². The quantitative estimate of drug-likeness (QED) is 0.217. The molecular formula is C28H44Br2N4O3S2. The van der Waals surface area contributed by atoms with E-state index in [9.17, 15) is 0 Å². The number of benzene rings is 2. The summed E-state index contributed by atoms with van der Waals surface area (Å²) >= 11 is 6.98. The van der Waals surface area contributed by atoms with Crippen molar-refractivity contribution in [3.8, 4) is 0 Å². The number of halogens is 2. The second-order valence-corrected chi connectivity index (χ2v) is 11.1. The van der Waals surface area contributed by atoms with Crippen molar-refractivity contribution < 1.29 is 14.2 Å². The summed E-state index contributed by atoms with van der Waals surface area (Å²) in [5.74, 6) is 1.66. The first-order valence-corrected chi connectivity index (χ1v) is 14.7. The van der Waals surface area contributed by atoms with Gasteiger partial charge in [0.05, 0.1) is 41.2 Å². The van der Waals surface area contributed by atoms with Crippen molar-refractivity contribution in [3.63, 3.8) is 0 Å². The van der Waals surface area contributed by atoms with E-state index in [0.717, 1.165) is 78.2 Å². The fourth-order valence-corrected chi connectivity index (χ4v) is 5.16. The Morgan fingerprint density at radius 2 is 1.62 bits per heavy atom. The predicted molar refractivity (Wildman–Crippen MR) is 180 cm³/mol. The third kappa shape index (κ3) is 11.1. The molecule has 0 amide bonds. The Morgan fingerprint density at radius 1 is 1.00 bits per heavy atom. The molecule has 1 fully saturated rings. The number of nitrogens with two attached hydrogens (primary N) is 1. The van der Waals surface area contributed by atoms with Gasteiger partial charge in [-0.2, -0.15) is 27.0 Å². The minimum Gasteiger partial charge on any atom is -0.397 e. The van der Waals surface area contributed by atoms with Gasteiger partial charge in [0.15, 0.2) is 0 Å². The number of nitrogens with one attached hydrogen (secondary N) is 1. The summed E-state index contributed by atoms with van der Waals surface area (Å²) in [5.41, 5.74) is 9.76. The van der Waals surface area contributed by atoms with Crippen molar-refractivity contribution in [1.29, 1.82) is 0 Å². The topological polar surface area (TPSA) is 83.6 Å². The van der Waals surface area contributed by atoms with Gasteiger partial charge in [-0.1, -0.05) is 31.9 Å². The summed E-state index contributed by atoms with van der Waals surface area (Å²) in [6.45, 7) is 12.9. The molecule has 0 aliphatic carbocycles. The normalized spacial score (nSPS) is 14.9. The van der Waals surface area contributed by atoms with Crippen LogP contribution in [0.5, 0.6) is 0 Å². The molecule has 3 N–H and O–H groups in total. The molecule has 0 unspecified atom stereocenters. The summed E-state index contributed by atoms with van der Waals surface area (Å²) < 4.78 is 21.1.